The first-order valence-electron chi connectivity index (χ1n) is 5.98. The molecule has 0 aliphatic rings. The number of rotatable bonds is 2. The van der Waals surface area contributed by atoms with Gasteiger partial charge in [0.1, 0.15) is 5.58 Å². The summed E-state index contributed by atoms with van der Waals surface area (Å²) in [6, 6.07) is 14.9. The van der Waals surface area contributed by atoms with Crippen LogP contribution in [0.4, 0.5) is 0 Å². The second-order valence-corrected chi connectivity index (χ2v) is 4.83. The van der Waals surface area contributed by atoms with Crippen LogP contribution in [0.2, 0.25) is 5.02 Å². The van der Waals surface area contributed by atoms with Crippen LogP contribution in [0.5, 0.6) is 0 Å². The highest BCUT2D eigenvalue weighted by Gasteiger charge is 2.08. The van der Waals surface area contributed by atoms with Crippen molar-refractivity contribution in [3.63, 3.8) is 0 Å². The molecule has 94 valence electrons. The van der Waals surface area contributed by atoms with E-state index in [1.165, 1.54) is 6.26 Å². The monoisotopic (exact) mass is 270 g/mol. The molecule has 3 heteroatoms. The zero-order chi connectivity index (χ0) is 13.2. The van der Waals surface area contributed by atoms with E-state index in [9.17, 15) is 4.79 Å². The van der Waals surface area contributed by atoms with Gasteiger partial charge < -0.3 is 4.42 Å². The third kappa shape index (κ3) is 2.40. The van der Waals surface area contributed by atoms with Crippen molar-refractivity contribution in [2.24, 2.45) is 0 Å². The first kappa shape index (κ1) is 12.0. The Bertz CT molecular complexity index is 776. The quantitative estimate of drug-likeness (QED) is 0.703. The van der Waals surface area contributed by atoms with Gasteiger partial charge in [-0.05, 0) is 23.8 Å². The lowest BCUT2D eigenvalue weighted by Crippen LogP contribution is -2.09. The molecule has 0 spiro atoms. The minimum Gasteiger partial charge on any atom is -0.464 e. The number of halogens is 1. The van der Waals surface area contributed by atoms with Gasteiger partial charge in [0, 0.05) is 17.0 Å². The van der Waals surface area contributed by atoms with Crippen LogP contribution in [-0.4, -0.2) is 0 Å². The molecule has 0 aliphatic carbocycles. The molecular weight excluding hydrogens is 260 g/mol. The molecule has 0 radical (unpaired) electrons. The van der Waals surface area contributed by atoms with Crippen LogP contribution in [0, 0.1) is 0 Å². The fourth-order valence-electron chi connectivity index (χ4n) is 2.08. The van der Waals surface area contributed by atoms with Crippen LogP contribution in [0.25, 0.3) is 11.0 Å². The second-order valence-electron chi connectivity index (χ2n) is 4.39. The minimum absolute atomic E-state index is 0.0207. The van der Waals surface area contributed by atoms with E-state index in [1.807, 2.05) is 30.3 Å². The molecule has 0 unspecified atom stereocenters. The molecule has 1 aromatic heterocycles. The van der Waals surface area contributed by atoms with E-state index in [2.05, 4.69) is 0 Å². The van der Waals surface area contributed by atoms with Crippen LogP contribution in [0.3, 0.4) is 0 Å². The fraction of sp³-hybridized carbons (Fsp3) is 0.0625. The predicted molar refractivity (Wildman–Crippen MR) is 76.7 cm³/mol. The maximum atomic E-state index is 12.4. The Labute approximate surface area is 115 Å². The largest absolute Gasteiger partial charge is 0.464 e. The molecule has 19 heavy (non-hydrogen) atoms. The number of benzene rings is 2. The van der Waals surface area contributed by atoms with Crippen molar-refractivity contribution in [2.45, 2.75) is 6.42 Å². The lowest BCUT2D eigenvalue weighted by molar-refractivity contribution is 0.594. The standard InChI is InChI=1S/C16H11ClO2/c17-13-6-7-15-14(9-13)16(18)12(10-19-15)8-11-4-2-1-3-5-11/h1-7,9-10H,8H2. The fourth-order valence-corrected chi connectivity index (χ4v) is 2.25. The molecule has 0 saturated carbocycles. The van der Waals surface area contributed by atoms with E-state index in [1.54, 1.807) is 18.2 Å². The summed E-state index contributed by atoms with van der Waals surface area (Å²) in [5.41, 5.74) is 2.26. The van der Waals surface area contributed by atoms with Gasteiger partial charge in [-0.2, -0.15) is 0 Å². The summed E-state index contributed by atoms with van der Waals surface area (Å²) in [5, 5.41) is 1.07. The van der Waals surface area contributed by atoms with Crippen LogP contribution >= 0.6 is 11.6 Å². The molecule has 3 aromatic rings. The van der Waals surface area contributed by atoms with Gasteiger partial charge in [-0.1, -0.05) is 41.9 Å². The van der Waals surface area contributed by atoms with Gasteiger partial charge in [0.05, 0.1) is 11.6 Å². The summed E-state index contributed by atoms with van der Waals surface area (Å²) in [7, 11) is 0. The Kier molecular flexibility index (Phi) is 3.10. The summed E-state index contributed by atoms with van der Waals surface area (Å²) in [6.45, 7) is 0. The van der Waals surface area contributed by atoms with Crippen molar-refractivity contribution in [1.29, 1.82) is 0 Å². The van der Waals surface area contributed by atoms with Gasteiger partial charge in [-0.25, -0.2) is 0 Å². The molecule has 0 fully saturated rings. The Morgan fingerprint density at radius 1 is 1.05 bits per heavy atom. The highest BCUT2D eigenvalue weighted by Crippen LogP contribution is 2.18. The summed E-state index contributed by atoms with van der Waals surface area (Å²) in [5.74, 6) is 0. The van der Waals surface area contributed by atoms with E-state index in [0.29, 0.717) is 28.0 Å². The molecule has 2 aromatic carbocycles. The van der Waals surface area contributed by atoms with E-state index in [4.69, 9.17) is 16.0 Å². The van der Waals surface area contributed by atoms with E-state index in [-0.39, 0.29) is 5.43 Å². The smallest absolute Gasteiger partial charge is 0.196 e. The molecule has 0 N–H and O–H groups in total. The van der Waals surface area contributed by atoms with Crippen molar-refractivity contribution in [3.8, 4) is 0 Å². The minimum atomic E-state index is -0.0207. The number of hydrogen-bond acceptors (Lipinski definition) is 2. The van der Waals surface area contributed by atoms with Gasteiger partial charge in [-0.15, -0.1) is 0 Å². The molecule has 0 saturated heterocycles. The van der Waals surface area contributed by atoms with Gasteiger partial charge >= 0.3 is 0 Å². The Balaban J connectivity index is 2.10. The first-order chi connectivity index (χ1) is 9.24. The second kappa shape index (κ2) is 4.90. The average Bonchev–Trinajstić information content (AvgIpc) is 2.44. The first-order valence-corrected chi connectivity index (χ1v) is 6.36. The van der Waals surface area contributed by atoms with Crippen LogP contribution in [0.1, 0.15) is 11.1 Å². The van der Waals surface area contributed by atoms with Crippen LogP contribution in [0.15, 0.2) is 64.0 Å². The lowest BCUT2D eigenvalue weighted by Gasteiger charge is -2.03. The van der Waals surface area contributed by atoms with Gasteiger partial charge in [0.2, 0.25) is 0 Å². The zero-order valence-electron chi connectivity index (χ0n) is 10.1. The molecular formula is C16H11ClO2. The van der Waals surface area contributed by atoms with Gasteiger partial charge in [-0.3, -0.25) is 4.79 Å². The lowest BCUT2D eigenvalue weighted by atomic mass is 10.1. The maximum Gasteiger partial charge on any atom is 0.196 e. The van der Waals surface area contributed by atoms with E-state index >= 15 is 0 Å². The highest BCUT2D eigenvalue weighted by molar-refractivity contribution is 6.31. The molecule has 0 atom stereocenters. The Hall–Kier alpha value is -2.06. The van der Waals surface area contributed by atoms with E-state index < -0.39 is 0 Å². The number of hydrogen-bond donors (Lipinski definition) is 0. The van der Waals surface area contributed by atoms with E-state index in [0.717, 1.165) is 5.56 Å². The van der Waals surface area contributed by atoms with Gasteiger partial charge in [0.25, 0.3) is 0 Å². The number of fused-ring (bicyclic) bond motifs is 1. The predicted octanol–water partition coefficient (Wildman–Crippen LogP) is 4.04. The Morgan fingerprint density at radius 3 is 2.63 bits per heavy atom. The Morgan fingerprint density at radius 2 is 1.84 bits per heavy atom. The molecule has 0 bridgehead atoms. The van der Waals surface area contributed by atoms with Crippen molar-refractivity contribution in [3.05, 3.63) is 81.2 Å². The SMILES string of the molecule is O=c1c(Cc2ccccc2)coc2ccc(Cl)cc12. The molecule has 0 amide bonds. The van der Waals surface area contributed by atoms with Crippen molar-refractivity contribution in [2.75, 3.05) is 0 Å². The third-order valence-corrected chi connectivity index (χ3v) is 3.28. The van der Waals surface area contributed by atoms with Crippen LogP contribution < -0.4 is 5.43 Å². The van der Waals surface area contributed by atoms with Crippen LogP contribution in [-0.2, 0) is 6.42 Å². The highest BCUT2D eigenvalue weighted by atomic mass is 35.5. The third-order valence-electron chi connectivity index (χ3n) is 3.04. The average molecular weight is 271 g/mol. The molecule has 0 aliphatic heterocycles. The summed E-state index contributed by atoms with van der Waals surface area (Å²) < 4.78 is 5.49. The van der Waals surface area contributed by atoms with Crippen molar-refractivity contribution in [1.82, 2.24) is 0 Å². The molecule has 2 nitrogen and oxygen atoms in total. The maximum absolute atomic E-state index is 12.4. The topological polar surface area (TPSA) is 30.2 Å². The van der Waals surface area contributed by atoms with Crippen molar-refractivity contribution < 1.29 is 4.42 Å². The molecule has 1 heterocycles. The summed E-state index contributed by atoms with van der Waals surface area (Å²) >= 11 is 5.92. The zero-order valence-corrected chi connectivity index (χ0v) is 10.9. The van der Waals surface area contributed by atoms with Gasteiger partial charge in [0.15, 0.2) is 5.43 Å². The normalized spacial score (nSPS) is 10.8. The summed E-state index contributed by atoms with van der Waals surface area (Å²) in [4.78, 5) is 12.4. The summed E-state index contributed by atoms with van der Waals surface area (Å²) in [6.07, 6.45) is 2.09. The molecule has 3 rings (SSSR count). The van der Waals surface area contributed by atoms with Crippen molar-refractivity contribution >= 4 is 22.6 Å².